The summed E-state index contributed by atoms with van der Waals surface area (Å²) >= 11 is 0. The Balaban J connectivity index is 1.43. The molecule has 2 aliphatic rings. The highest BCUT2D eigenvalue weighted by Gasteiger charge is 2.35. The van der Waals surface area contributed by atoms with Gasteiger partial charge in [0.05, 0.1) is 5.52 Å². The number of pyridine rings is 1. The van der Waals surface area contributed by atoms with Gasteiger partial charge in [-0.25, -0.2) is 9.37 Å². The number of carbonyl (C=O) groups excluding carboxylic acids is 1. The van der Waals surface area contributed by atoms with Crippen molar-refractivity contribution in [2.45, 2.75) is 45.1 Å². The number of anilines is 1. The van der Waals surface area contributed by atoms with Gasteiger partial charge in [0.25, 0.3) is 0 Å². The third-order valence-corrected chi connectivity index (χ3v) is 5.55. The second-order valence-electron chi connectivity index (χ2n) is 7.42. The molecule has 1 aromatic carbocycles. The summed E-state index contributed by atoms with van der Waals surface area (Å²) < 4.78 is 13.5. The number of hydrogen-bond acceptors (Lipinski definition) is 3. The highest BCUT2D eigenvalue weighted by Crippen LogP contribution is 2.29. The van der Waals surface area contributed by atoms with Crippen molar-refractivity contribution in [1.82, 2.24) is 9.88 Å². The highest BCUT2D eigenvalue weighted by atomic mass is 19.1. The minimum atomic E-state index is -0.273. The summed E-state index contributed by atoms with van der Waals surface area (Å²) in [5, 5.41) is 4.33. The molecule has 1 aliphatic heterocycles. The molecule has 2 fully saturated rings. The smallest absolute Gasteiger partial charge is 0.223 e. The fraction of sp³-hybridized carbons (Fsp3) is 0.500. The van der Waals surface area contributed by atoms with E-state index in [0.717, 1.165) is 42.7 Å². The summed E-state index contributed by atoms with van der Waals surface area (Å²) in [5.41, 5.74) is 1.74. The van der Waals surface area contributed by atoms with Gasteiger partial charge in [0, 0.05) is 42.9 Å². The number of aryl methyl sites for hydroxylation is 1. The Morgan fingerprint density at radius 1 is 1.28 bits per heavy atom. The fourth-order valence-electron chi connectivity index (χ4n) is 4.23. The highest BCUT2D eigenvalue weighted by molar-refractivity contribution is 5.84. The lowest BCUT2D eigenvalue weighted by molar-refractivity contribution is -0.129. The third kappa shape index (κ3) is 3.32. The van der Waals surface area contributed by atoms with Crippen molar-refractivity contribution in [3.8, 4) is 0 Å². The van der Waals surface area contributed by atoms with Gasteiger partial charge in [-0.2, -0.15) is 0 Å². The lowest BCUT2D eigenvalue weighted by Gasteiger charge is -2.24. The number of benzene rings is 1. The molecule has 1 N–H and O–H groups in total. The number of carbonyl (C=O) groups is 1. The Hall–Kier alpha value is -2.17. The second kappa shape index (κ2) is 6.62. The van der Waals surface area contributed by atoms with Crippen LogP contribution in [0, 0.1) is 18.7 Å². The van der Waals surface area contributed by atoms with E-state index in [-0.39, 0.29) is 5.82 Å². The van der Waals surface area contributed by atoms with Crippen LogP contribution in [-0.4, -0.2) is 34.9 Å². The van der Waals surface area contributed by atoms with Crippen LogP contribution in [0.3, 0.4) is 0 Å². The van der Waals surface area contributed by atoms with Crippen LogP contribution in [0.15, 0.2) is 24.3 Å². The van der Waals surface area contributed by atoms with E-state index >= 15 is 0 Å². The number of rotatable bonds is 4. The van der Waals surface area contributed by atoms with E-state index in [1.165, 1.54) is 25.0 Å². The molecule has 1 amide bonds. The molecular formula is C20H24FN3O. The second-order valence-corrected chi connectivity index (χ2v) is 7.42. The van der Waals surface area contributed by atoms with Crippen LogP contribution in [0.2, 0.25) is 0 Å². The number of nitrogens with one attached hydrogen (secondary N) is 1. The summed E-state index contributed by atoms with van der Waals surface area (Å²) in [6.45, 7) is 3.58. The van der Waals surface area contributed by atoms with Crippen LogP contribution in [0.25, 0.3) is 10.9 Å². The zero-order valence-corrected chi connectivity index (χ0v) is 14.6. The number of amides is 1. The normalized spacial score (nSPS) is 21.4. The molecule has 25 heavy (non-hydrogen) atoms. The molecule has 0 bridgehead atoms. The average Bonchev–Trinajstić information content (AvgIpc) is 3.21. The van der Waals surface area contributed by atoms with Gasteiger partial charge in [-0.1, -0.05) is 12.8 Å². The van der Waals surface area contributed by atoms with E-state index in [1.807, 2.05) is 13.0 Å². The van der Waals surface area contributed by atoms with Crippen molar-refractivity contribution >= 4 is 22.6 Å². The van der Waals surface area contributed by atoms with Crippen LogP contribution in [0.4, 0.5) is 10.2 Å². The summed E-state index contributed by atoms with van der Waals surface area (Å²) in [6.07, 6.45) is 5.42. The molecule has 2 heterocycles. The molecule has 0 spiro atoms. The summed E-state index contributed by atoms with van der Waals surface area (Å²) in [5.74, 6) is 1.09. The fourth-order valence-corrected chi connectivity index (χ4v) is 4.23. The molecule has 0 radical (unpaired) electrons. The van der Waals surface area contributed by atoms with Gasteiger partial charge < -0.3 is 10.2 Å². The molecule has 1 saturated heterocycles. The van der Waals surface area contributed by atoms with Crippen LogP contribution in [-0.2, 0) is 4.79 Å². The number of fused-ring (bicyclic) bond motifs is 1. The lowest BCUT2D eigenvalue weighted by atomic mass is 10.1. The maximum atomic E-state index is 13.5. The molecule has 4 nitrogen and oxygen atoms in total. The summed E-state index contributed by atoms with van der Waals surface area (Å²) in [6, 6.07) is 7.15. The van der Waals surface area contributed by atoms with Gasteiger partial charge in [0.15, 0.2) is 0 Å². The quantitative estimate of drug-likeness (QED) is 0.918. The first-order chi connectivity index (χ1) is 12.1. The minimum absolute atomic E-state index is 0.273. The zero-order chi connectivity index (χ0) is 17.4. The van der Waals surface area contributed by atoms with E-state index < -0.39 is 0 Å². The molecule has 1 atom stereocenters. The Kier molecular flexibility index (Phi) is 4.32. The topological polar surface area (TPSA) is 45.2 Å². The predicted molar refractivity (Wildman–Crippen MR) is 97.0 cm³/mol. The van der Waals surface area contributed by atoms with Crippen molar-refractivity contribution in [1.29, 1.82) is 0 Å². The van der Waals surface area contributed by atoms with Gasteiger partial charge in [-0.15, -0.1) is 0 Å². The van der Waals surface area contributed by atoms with Gasteiger partial charge in [-0.3, -0.25) is 4.79 Å². The van der Waals surface area contributed by atoms with E-state index in [0.29, 0.717) is 29.8 Å². The molecule has 1 aliphatic carbocycles. The number of aromatic nitrogens is 1. The van der Waals surface area contributed by atoms with Crippen molar-refractivity contribution in [2.24, 2.45) is 5.92 Å². The van der Waals surface area contributed by atoms with Crippen molar-refractivity contribution in [3.63, 3.8) is 0 Å². The molecule has 132 valence electrons. The number of nitrogens with zero attached hydrogens (tertiary/aromatic N) is 2. The van der Waals surface area contributed by atoms with Crippen LogP contribution < -0.4 is 5.32 Å². The Labute approximate surface area is 147 Å². The zero-order valence-electron chi connectivity index (χ0n) is 14.6. The summed E-state index contributed by atoms with van der Waals surface area (Å²) in [7, 11) is 0. The standard InChI is InChI=1S/C20H24FN3O/c1-13-8-19(23-18-10-15(21)6-7-17(13)18)22-11-14-9-20(25)24(12-14)16-4-2-3-5-16/h6-8,10,14,16H,2-5,9,11-12H2,1H3,(H,22,23). The molecule has 1 aromatic heterocycles. The van der Waals surface area contributed by atoms with Crippen LogP contribution in [0.5, 0.6) is 0 Å². The first kappa shape index (κ1) is 16.3. The van der Waals surface area contributed by atoms with Gasteiger partial charge in [-0.05, 0) is 43.5 Å². The average molecular weight is 341 g/mol. The number of halogens is 1. The monoisotopic (exact) mass is 341 g/mol. The maximum Gasteiger partial charge on any atom is 0.223 e. The lowest BCUT2D eigenvalue weighted by Crippen LogP contribution is -2.34. The Bertz CT molecular complexity index is 801. The van der Waals surface area contributed by atoms with Gasteiger partial charge in [0.2, 0.25) is 5.91 Å². The minimum Gasteiger partial charge on any atom is -0.370 e. The third-order valence-electron chi connectivity index (χ3n) is 5.55. The molecule has 1 saturated carbocycles. The van der Waals surface area contributed by atoms with Crippen LogP contribution >= 0.6 is 0 Å². The van der Waals surface area contributed by atoms with E-state index in [4.69, 9.17) is 0 Å². The Morgan fingerprint density at radius 3 is 2.88 bits per heavy atom. The summed E-state index contributed by atoms with van der Waals surface area (Å²) in [4.78, 5) is 18.9. The predicted octanol–water partition coefficient (Wildman–Crippen LogP) is 3.89. The van der Waals surface area contributed by atoms with Gasteiger partial charge in [0.1, 0.15) is 11.6 Å². The number of hydrogen-bond donors (Lipinski definition) is 1. The van der Waals surface area contributed by atoms with Crippen molar-refractivity contribution < 1.29 is 9.18 Å². The molecule has 2 aromatic rings. The number of likely N-dealkylation sites (tertiary alicyclic amines) is 1. The van der Waals surface area contributed by atoms with E-state index in [1.54, 1.807) is 6.07 Å². The van der Waals surface area contributed by atoms with Crippen LogP contribution in [0.1, 0.15) is 37.7 Å². The SMILES string of the molecule is Cc1cc(NCC2CC(=O)N(C3CCCC3)C2)nc2cc(F)ccc12. The molecular weight excluding hydrogens is 317 g/mol. The first-order valence-corrected chi connectivity index (χ1v) is 9.20. The Morgan fingerprint density at radius 2 is 2.08 bits per heavy atom. The van der Waals surface area contributed by atoms with Crippen molar-refractivity contribution in [3.05, 3.63) is 35.6 Å². The van der Waals surface area contributed by atoms with E-state index in [2.05, 4.69) is 15.2 Å². The maximum absolute atomic E-state index is 13.5. The van der Waals surface area contributed by atoms with E-state index in [9.17, 15) is 9.18 Å². The first-order valence-electron chi connectivity index (χ1n) is 9.20. The largest absolute Gasteiger partial charge is 0.370 e. The van der Waals surface area contributed by atoms with Gasteiger partial charge >= 0.3 is 0 Å². The molecule has 1 unspecified atom stereocenters. The molecule has 4 rings (SSSR count). The van der Waals surface area contributed by atoms with Crippen molar-refractivity contribution in [2.75, 3.05) is 18.4 Å². The molecule has 5 heteroatoms.